The Morgan fingerprint density at radius 3 is 2.34 bits per heavy atom. The number of aliphatic hydroxyl groups excluding tert-OH is 1. The van der Waals surface area contributed by atoms with Crippen LogP contribution in [0, 0.1) is 12.7 Å². The van der Waals surface area contributed by atoms with Crippen molar-refractivity contribution in [1.29, 1.82) is 0 Å². The minimum Gasteiger partial charge on any atom is -0.388 e. The zero-order chi connectivity index (χ0) is 21.6. The van der Waals surface area contributed by atoms with Crippen LogP contribution in [-0.4, -0.2) is 18.7 Å². The van der Waals surface area contributed by atoms with E-state index in [0.29, 0.717) is 0 Å². The summed E-state index contributed by atoms with van der Waals surface area (Å²) in [4.78, 5) is -0.750. The molecule has 0 amide bonds. The van der Waals surface area contributed by atoms with E-state index in [2.05, 4.69) is 5.16 Å². The molecule has 0 aliphatic heterocycles. The van der Waals surface area contributed by atoms with Gasteiger partial charge >= 0.3 is 6.18 Å². The number of hydrogen-bond acceptors (Lipinski definition) is 5. The Hall–Kier alpha value is -2.76. The van der Waals surface area contributed by atoms with Crippen molar-refractivity contribution in [1.82, 2.24) is 5.16 Å². The maximum absolute atomic E-state index is 14.3. The lowest BCUT2D eigenvalue weighted by Gasteiger charge is -2.12. The number of nitrogens with two attached hydrogens (primary N) is 1. The van der Waals surface area contributed by atoms with Gasteiger partial charge in [-0.3, -0.25) is 0 Å². The summed E-state index contributed by atoms with van der Waals surface area (Å²) in [6.45, 7) is 0.635. The number of sulfonamides is 1. The van der Waals surface area contributed by atoms with Gasteiger partial charge in [-0.15, -0.1) is 0 Å². The molecule has 0 aliphatic rings. The molecule has 0 saturated heterocycles. The molecule has 0 unspecified atom stereocenters. The molecule has 29 heavy (non-hydrogen) atoms. The summed E-state index contributed by atoms with van der Waals surface area (Å²) >= 11 is 0. The highest BCUT2D eigenvalue weighted by atomic mass is 32.2. The molecule has 3 aromatic rings. The molecule has 0 saturated carbocycles. The summed E-state index contributed by atoms with van der Waals surface area (Å²) in [5.41, 5.74) is -0.851. The van der Waals surface area contributed by atoms with Gasteiger partial charge in [-0.2, -0.15) is 13.2 Å². The van der Waals surface area contributed by atoms with E-state index in [0.717, 1.165) is 18.2 Å². The van der Waals surface area contributed by atoms with Crippen molar-refractivity contribution in [2.24, 2.45) is 5.14 Å². The van der Waals surface area contributed by atoms with Gasteiger partial charge in [0, 0.05) is 5.56 Å². The summed E-state index contributed by atoms with van der Waals surface area (Å²) in [5, 5.41) is 18.1. The smallest absolute Gasteiger partial charge is 0.388 e. The molecule has 1 heterocycles. The van der Waals surface area contributed by atoms with E-state index in [-0.39, 0.29) is 33.7 Å². The molecule has 154 valence electrons. The Morgan fingerprint density at radius 1 is 1.14 bits per heavy atom. The number of alkyl halides is 3. The number of primary sulfonamides is 1. The molecule has 3 N–H and O–H groups in total. The highest BCUT2D eigenvalue weighted by Gasteiger charge is 2.33. The lowest BCUT2D eigenvalue weighted by atomic mass is 9.96. The van der Waals surface area contributed by atoms with Crippen molar-refractivity contribution in [3.05, 3.63) is 59.1 Å². The molecule has 0 spiro atoms. The first-order valence-corrected chi connectivity index (χ1v) is 9.58. The van der Waals surface area contributed by atoms with Gasteiger partial charge in [-0.25, -0.2) is 17.9 Å². The average Bonchev–Trinajstić information content (AvgIpc) is 3.04. The zero-order valence-electron chi connectivity index (χ0n) is 14.8. The Balaban J connectivity index is 2.22. The van der Waals surface area contributed by atoms with Crippen molar-refractivity contribution in [2.75, 3.05) is 0 Å². The Labute approximate surface area is 162 Å². The molecule has 2 aromatic carbocycles. The lowest BCUT2D eigenvalue weighted by Crippen LogP contribution is -2.14. The maximum Gasteiger partial charge on any atom is 0.416 e. The number of benzene rings is 2. The topological polar surface area (TPSA) is 106 Å². The van der Waals surface area contributed by atoms with Gasteiger partial charge in [0.1, 0.15) is 23.0 Å². The van der Waals surface area contributed by atoms with E-state index < -0.39 is 39.1 Å². The zero-order valence-corrected chi connectivity index (χ0v) is 15.6. The minimum absolute atomic E-state index is 0.00257. The standard InChI is InChI=1S/C18H14F4N2O4S/c1-9-2-3-11(6-12(9)18(20,21)22)17-16(14(8-25)28-24-17)10-4-5-15(13(19)7-10)29(23,26)27/h2-7,25H,8H2,1H3,(H2,23,26,27). The summed E-state index contributed by atoms with van der Waals surface area (Å²) in [6, 6.07) is 6.42. The minimum atomic E-state index is -4.60. The number of halogens is 4. The Kier molecular flexibility index (Phi) is 5.24. The fourth-order valence-corrected chi connectivity index (χ4v) is 3.48. The van der Waals surface area contributed by atoms with Crippen molar-refractivity contribution < 1.29 is 35.6 Å². The van der Waals surface area contributed by atoms with Gasteiger partial charge in [-0.1, -0.05) is 23.4 Å². The van der Waals surface area contributed by atoms with Gasteiger partial charge in [0.25, 0.3) is 0 Å². The van der Waals surface area contributed by atoms with Crippen molar-refractivity contribution >= 4 is 10.0 Å². The Bertz CT molecular complexity index is 1190. The second kappa shape index (κ2) is 7.25. The van der Waals surface area contributed by atoms with Crippen LogP contribution in [0.3, 0.4) is 0 Å². The number of aryl methyl sites for hydroxylation is 1. The third-order valence-electron chi connectivity index (χ3n) is 4.25. The Morgan fingerprint density at radius 2 is 1.79 bits per heavy atom. The average molecular weight is 430 g/mol. The van der Waals surface area contributed by atoms with Crippen LogP contribution in [0.5, 0.6) is 0 Å². The van der Waals surface area contributed by atoms with Crippen LogP contribution < -0.4 is 5.14 Å². The fraction of sp³-hybridized carbons (Fsp3) is 0.167. The molecule has 0 aliphatic carbocycles. The molecular weight excluding hydrogens is 416 g/mol. The van der Waals surface area contributed by atoms with Crippen LogP contribution in [0.4, 0.5) is 17.6 Å². The molecule has 1 aromatic heterocycles. The van der Waals surface area contributed by atoms with Gasteiger partial charge < -0.3 is 9.63 Å². The second-order valence-electron chi connectivity index (χ2n) is 6.21. The summed E-state index contributed by atoms with van der Waals surface area (Å²) in [5.74, 6) is -1.29. The quantitative estimate of drug-likeness (QED) is 0.615. The third-order valence-corrected chi connectivity index (χ3v) is 5.19. The van der Waals surface area contributed by atoms with Gasteiger partial charge in [0.05, 0.1) is 11.1 Å². The molecule has 0 radical (unpaired) electrons. The van der Waals surface area contributed by atoms with Crippen molar-refractivity contribution in [3.63, 3.8) is 0 Å². The number of hydrogen-bond donors (Lipinski definition) is 2. The third kappa shape index (κ3) is 4.02. The molecule has 0 fully saturated rings. The van der Waals surface area contributed by atoms with Gasteiger partial charge in [0.2, 0.25) is 10.0 Å². The number of nitrogens with zero attached hydrogens (tertiary/aromatic N) is 1. The molecule has 6 nitrogen and oxygen atoms in total. The maximum atomic E-state index is 14.3. The highest BCUT2D eigenvalue weighted by Crippen LogP contribution is 2.39. The summed E-state index contributed by atoms with van der Waals surface area (Å²) < 4.78 is 81.8. The van der Waals surface area contributed by atoms with Crippen molar-refractivity contribution in [3.8, 4) is 22.4 Å². The predicted molar refractivity (Wildman–Crippen MR) is 94.4 cm³/mol. The fourth-order valence-electron chi connectivity index (χ4n) is 2.89. The van der Waals surface area contributed by atoms with Gasteiger partial charge in [0.15, 0.2) is 5.76 Å². The summed E-state index contributed by atoms with van der Waals surface area (Å²) in [6.07, 6.45) is -4.60. The van der Waals surface area contributed by atoms with E-state index in [1.54, 1.807) is 0 Å². The first-order chi connectivity index (χ1) is 13.4. The van der Waals surface area contributed by atoms with Crippen LogP contribution >= 0.6 is 0 Å². The predicted octanol–water partition coefficient (Wildman–Crippen LogP) is 3.61. The first-order valence-electron chi connectivity index (χ1n) is 8.04. The molecule has 3 rings (SSSR count). The first kappa shape index (κ1) is 21.0. The van der Waals surface area contributed by atoms with E-state index in [1.165, 1.54) is 25.1 Å². The van der Waals surface area contributed by atoms with E-state index in [1.807, 2.05) is 0 Å². The van der Waals surface area contributed by atoms with Crippen LogP contribution in [0.1, 0.15) is 16.9 Å². The molecule has 0 atom stereocenters. The molecule has 11 heteroatoms. The van der Waals surface area contributed by atoms with Crippen molar-refractivity contribution in [2.45, 2.75) is 24.6 Å². The monoisotopic (exact) mass is 430 g/mol. The lowest BCUT2D eigenvalue weighted by molar-refractivity contribution is -0.138. The highest BCUT2D eigenvalue weighted by molar-refractivity contribution is 7.89. The number of aromatic nitrogens is 1. The number of rotatable bonds is 4. The van der Waals surface area contributed by atoms with Crippen LogP contribution in [0.15, 0.2) is 45.8 Å². The normalized spacial score (nSPS) is 12.4. The molecular formula is C18H14F4N2O4S. The van der Waals surface area contributed by atoms with E-state index >= 15 is 0 Å². The molecule has 0 bridgehead atoms. The largest absolute Gasteiger partial charge is 0.416 e. The van der Waals surface area contributed by atoms with Gasteiger partial charge in [-0.05, 0) is 36.2 Å². The second-order valence-corrected chi connectivity index (χ2v) is 7.73. The summed E-state index contributed by atoms with van der Waals surface area (Å²) in [7, 11) is -4.31. The van der Waals surface area contributed by atoms with E-state index in [9.17, 15) is 31.1 Å². The SMILES string of the molecule is Cc1ccc(-c2noc(CO)c2-c2ccc(S(N)(=O)=O)c(F)c2)cc1C(F)(F)F. The number of aliphatic hydroxyl groups is 1. The van der Waals surface area contributed by atoms with Crippen LogP contribution in [-0.2, 0) is 22.8 Å². The van der Waals surface area contributed by atoms with Crippen LogP contribution in [0.25, 0.3) is 22.4 Å². The van der Waals surface area contributed by atoms with Crippen LogP contribution in [0.2, 0.25) is 0 Å². The van der Waals surface area contributed by atoms with E-state index in [4.69, 9.17) is 9.66 Å².